The Balaban J connectivity index is 3.53. The van der Waals surface area contributed by atoms with Crippen LogP contribution in [0.5, 0.6) is 0 Å². The van der Waals surface area contributed by atoms with Crippen LogP contribution in [0.2, 0.25) is 0 Å². The van der Waals surface area contributed by atoms with Crippen molar-refractivity contribution in [1.29, 1.82) is 0 Å². The van der Waals surface area contributed by atoms with E-state index < -0.39 is 5.60 Å². The number of rotatable bonds is 4. The molecule has 0 heterocycles. The first-order valence-corrected chi connectivity index (χ1v) is 3.66. The zero-order valence-electron chi connectivity index (χ0n) is 7.55. The molecule has 4 nitrogen and oxygen atoms in total. The standard InChI is InChI=1S/C8H13O4/c1-8(2,3)12-7(10)4-5-11-6-9/h4-5H2,1-3H3. The van der Waals surface area contributed by atoms with Gasteiger partial charge in [-0.2, -0.15) is 0 Å². The summed E-state index contributed by atoms with van der Waals surface area (Å²) < 4.78 is 9.15. The molecule has 0 fully saturated rings. The lowest BCUT2D eigenvalue weighted by Crippen LogP contribution is -2.24. The summed E-state index contributed by atoms with van der Waals surface area (Å²) in [6.45, 7) is 6.58. The molecule has 1 radical (unpaired) electrons. The Hall–Kier alpha value is -1.06. The maximum atomic E-state index is 10.9. The van der Waals surface area contributed by atoms with Gasteiger partial charge in [0.15, 0.2) is 0 Å². The summed E-state index contributed by atoms with van der Waals surface area (Å²) in [7, 11) is 0. The first-order chi connectivity index (χ1) is 5.45. The topological polar surface area (TPSA) is 52.6 Å². The van der Waals surface area contributed by atoms with Crippen molar-refractivity contribution in [1.82, 2.24) is 0 Å². The molecule has 0 amide bonds. The Kier molecular flexibility index (Phi) is 4.33. The summed E-state index contributed by atoms with van der Waals surface area (Å²) >= 11 is 0. The second-order valence-electron chi connectivity index (χ2n) is 3.27. The van der Waals surface area contributed by atoms with Crippen molar-refractivity contribution in [2.24, 2.45) is 0 Å². The molecular formula is C8H13O4. The number of carbonyl (C=O) groups is 1. The fraction of sp³-hybridized carbons (Fsp3) is 0.750. The van der Waals surface area contributed by atoms with E-state index in [9.17, 15) is 9.59 Å². The number of esters is 1. The number of carbonyl (C=O) groups excluding carboxylic acids is 2. The van der Waals surface area contributed by atoms with E-state index in [1.807, 2.05) is 0 Å². The molecule has 0 atom stereocenters. The van der Waals surface area contributed by atoms with Crippen molar-refractivity contribution in [3.05, 3.63) is 0 Å². The molecule has 0 rings (SSSR count). The van der Waals surface area contributed by atoms with Crippen molar-refractivity contribution in [3.8, 4) is 0 Å². The lowest BCUT2D eigenvalue weighted by Gasteiger charge is -2.19. The van der Waals surface area contributed by atoms with Crippen LogP contribution in [0.3, 0.4) is 0 Å². The smallest absolute Gasteiger partial charge is 0.417 e. The van der Waals surface area contributed by atoms with Crippen molar-refractivity contribution < 1.29 is 19.1 Å². The van der Waals surface area contributed by atoms with Crippen LogP contribution in [0.15, 0.2) is 0 Å². The summed E-state index contributed by atoms with van der Waals surface area (Å²) in [5.74, 6) is -0.377. The number of hydrogen-bond acceptors (Lipinski definition) is 4. The number of ether oxygens (including phenoxy) is 2. The molecule has 0 aromatic carbocycles. The van der Waals surface area contributed by atoms with Crippen LogP contribution in [0.4, 0.5) is 0 Å². The second-order valence-corrected chi connectivity index (χ2v) is 3.27. The zero-order chi connectivity index (χ0) is 9.61. The molecule has 0 aliphatic carbocycles. The van der Waals surface area contributed by atoms with E-state index in [1.54, 1.807) is 20.8 Å². The highest BCUT2D eigenvalue weighted by molar-refractivity contribution is 5.70. The summed E-state index contributed by atoms with van der Waals surface area (Å²) in [6, 6.07) is 0. The Morgan fingerprint density at radius 2 is 2.00 bits per heavy atom. The molecule has 0 aliphatic heterocycles. The average molecular weight is 173 g/mol. The maximum Gasteiger partial charge on any atom is 0.417 e. The van der Waals surface area contributed by atoms with Crippen molar-refractivity contribution in [3.63, 3.8) is 0 Å². The van der Waals surface area contributed by atoms with E-state index in [4.69, 9.17) is 4.74 Å². The van der Waals surface area contributed by atoms with E-state index >= 15 is 0 Å². The highest BCUT2D eigenvalue weighted by atomic mass is 16.6. The predicted molar refractivity (Wildman–Crippen MR) is 42.1 cm³/mol. The van der Waals surface area contributed by atoms with Crippen LogP contribution in [0.1, 0.15) is 27.2 Å². The van der Waals surface area contributed by atoms with Crippen LogP contribution in [-0.2, 0) is 19.1 Å². The average Bonchev–Trinajstić information content (AvgIpc) is 1.84. The van der Waals surface area contributed by atoms with Crippen LogP contribution < -0.4 is 0 Å². The van der Waals surface area contributed by atoms with Gasteiger partial charge >= 0.3 is 12.4 Å². The van der Waals surface area contributed by atoms with E-state index in [0.29, 0.717) is 0 Å². The van der Waals surface area contributed by atoms with Gasteiger partial charge in [-0.05, 0) is 20.8 Å². The normalized spacial score (nSPS) is 10.6. The van der Waals surface area contributed by atoms with Crippen molar-refractivity contribution >= 4 is 12.4 Å². The third-order valence-corrected chi connectivity index (χ3v) is 0.887. The molecule has 0 N–H and O–H groups in total. The van der Waals surface area contributed by atoms with Crippen LogP contribution >= 0.6 is 0 Å². The van der Waals surface area contributed by atoms with Crippen molar-refractivity contribution in [2.75, 3.05) is 6.61 Å². The van der Waals surface area contributed by atoms with Gasteiger partial charge < -0.3 is 9.47 Å². The molecule has 0 aliphatic rings. The minimum atomic E-state index is -0.484. The molecule has 0 saturated carbocycles. The molecule has 12 heavy (non-hydrogen) atoms. The summed E-state index contributed by atoms with van der Waals surface area (Å²) in [4.78, 5) is 20.5. The largest absolute Gasteiger partial charge is 0.460 e. The summed E-state index contributed by atoms with van der Waals surface area (Å²) in [5, 5.41) is 0. The fourth-order valence-electron chi connectivity index (χ4n) is 0.569. The van der Waals surface area contributed by atoms with Gasteiger partial charge in [-0.1, -0.05) is 0 Å². The van der Waals surface area contributed by atoms with Crippen molar-refractivity contribution in [2.45, 2.75) is 32.8 Å². The third kappa shape index (κ3) is 7.05. The molecule has 0 aromatic heterocycles. The number of hydrogen-bond donors (Lipinski definition) is 0. The fourth-order valence-corrected chi connectivity index (χ4v) is 0.569. The minimum absolute atomic E-state index is 0.0262. The predicted octanol–water partition coefficient (Wildman–Crippen LogP) is 0.802. The molecule has 0 saturated heterocycles. The minimum Gasteiger partial charge on any atom is -0.460 e. The van der Waals surface area contributed by atoms with Gasteiger partial charge in [-0.25, -0.2) is 4.79 Å². The lowest BCUT2D eigenvalue weighted by atomic mass is 10.2. The summed E-state index contributed by atoms with van der Waals surface area (Å²) in [5.41, 5.74) is -0.484. The van der Waals surface area contributed by atoms with Gasteiger partial charge in [0.05, 0.1) is 6.42 Å². The molecule has 0 spiro atoms. The molecular weight excluding hydrogens is 160 g/mol. The third-order valence-electron chi connectivity index (χ3n) is 0.887. The van der Waals surface area contributed by atoms with Crippen LogP contribution in [0.25, 0.3) is 0 Å². The van der Waals surface area contributed by atoms with E-state index in [2.05, 4.69) is 4.74 Å². The first-order valence-electron chi connectivity index (χ1n) is 3.66. The quantitative estimate of drug-likeness (QED) is 0.466. The SMILES string of the molecule is CC(C)(C)OC(=O)CCO[C]=O. The highest BCUT2D eigenvalue weighted by Gasteiger charge is 2.15. The van der Waals surface area contributed by atoms with E-state index in [-0.39, 0.29) is 19.0 Å². The van der Waals surface area contributed by atoms with E-state index in [1.165, 1.54) is 6.47 Å². The van der Waals surface area contributed by atoms with Gasteiger partial charge in [0.25, 0.3) is 0 Å². The first kappa shape index (κ1) is 10.9. The van der Waals surface area contributed by atoms with Gasteiger partial charge in [-0.15, -0.1) is 0 Å². The van der Waals surface area contributed by atoms with Gasteiger partial charge in [0, 0.05) is 0 Å². The van der Waals surface area contributed by atoms with Crippen LogP contribution in [0, 0.1) is 0 Å². The molecule has 0 unspecified atom stereocenters. The highest BCUT2D eigenvalue weighted by Crippen LogP contribution is 2.07. The van der Waals surface area contributed by atoms with E-state index in [0.717, 1.165) is 0 Å². The van der Waals surface area contributed by atoms with Gasteiger partial charge in [0.1, 0.15) is 12.2 Å². The second kappa shape index (κ2) is 4.74. The van der Waals surface area contributed by atoms with Crippen LogP contribution in [-0.4, -0.2) is 24.6 Å². The molecule has 0 bridgehead atoms. The molecule has 4 heteroatoms. The Morgan fingerprint density at radius 3 is 2.42 bits per heavy atom. The zero-order valence-corrected chi connectivity index (χ0v) is 7.55. The van der Waals surface area contributed by atoms with Gasteiger partial charge in [-0.3, -0.25) is 4.79 Å². The monoisotopic (exact) mass is 173 g/mol. The Bertz CT molecular complexity index is 157. The Labute approximate surface area is 71.8 Å². The summed E-state index contributed by atoms with van der Waals surface area (Å²) in [6.07, 6.45) is 0.0759. The Morgan fingerprint density at radius 1 is 1.42 bits per heavy atom. The molecule has 0 aromatic rings. The maximum absolute atomic E-state index is 10.9. The lowest BCUT2D eigenvalue weighted by molar-refractivity contribution is -0.155. The van der Waals surface area contributed by atoms with Gasteiger partial charge in [0.2, 0.25) is 0 Å². The molecule has 69 valence electrons.